The molecule has 17 heavy (non-hydrogen) atoms. The molecule has 0 radical (unpaired) electrons. The zero-order chi connectivity index (χ0) is 12.3. The quantitative estimate of drug-likeness (QED) is 0.589. The number of hydrogen-bond acceptors (Lipinski definition) is 5. The van der Waals surface area contributed by atoms with Gasteiger partial charge in [-0.25, -0.2) is 0 Å². The van der Waals surface area contributed by atoms with Gasteiger partial charge in [-0.05, 0) is 31.4 Å². The Morgan fingerprint density at radius 1 is 1.35 bits per heavy atom. The molecule has 0 aliphatic carbocycles. The number of ether oxygens (including phenoxy) is 1. The molecule has 0 aromatic carbocycles. The maximum atomic E-state index is 9.86. The molecule has 0 spiro atoms. The molecule has 1 unspecified atom stereocenters. The van der Waals surface area contributed by atoms with Crippen molar-refractivity contribution in [3.05, 3.63) is 0 Å². The van der Waals surface area contributed by atoms with Crippen molar-refractivity contribution < 1.29 is 9.84 Å². The van der Waals surface area contributed by atoms with Crippen molar-refractivity contribution in [1.29, 1.82) is 0 Å². The second-order valence-electron chi connectivity index (χ2n) is 4.47. The van der Waals surface area contributed by atoms with Crippen LogP contribution >= 0.6 is 11.8 Å². The molecule has 0 bridgehead atoms. The number of hydrogen-bond donors (Lipinski definition) is 2. The summed E-state index contributed by atoms with van der Waals surface area (Å²) in [5.74, 6) is 1.23. The summed E-state index contributed by atoms with van der Waals surface area (Å²) in [6.07, 6.45) is 4.34. The molecule has 2 N–H and O–H groups in total. The molecule has 5 heteroatoms. The average molecular weight is 262 g/mol. The Bertz CT molecular complexity index is 178. The number of morpholine rings is 1. The molecule has 1 aliphatic heterocycles. The van der Waals surface area contributed by atoms with Crippen LogP contribution in [0, 0.1) is 0 Å². The van der Waals surface area contributed by atoms with Crippen LogP contribution in [-0.4, -0.2) is 74.1 Å². The third-order valence-corrected chi connectivity index (χ3v) is 3.60. The van der Waals surface area contributed by atoms with E-state index in [-0.39, 0.29) is 6.10 Å². The Morgan fingerprint density at radius 2 is 2.12 bits per heavy atom. The first kappa shape index (κ1) is 15.2. The molecule has 0 saturated carbocycles. The maximum Gasteiger partial charge on any atom is 0.0791 e. The second-order valence-corrected chi connectivity index (χ2v) is 5.46. The van der Waals surface area contributed by atoms with Crippen LogP contribution in [0.2, 0.25) is 0 Å². The van der Waals surface area contributed by atoms with Crippen LogP contribution in [0.15, 0.2) is 0 Å². The highest BCUT2D eigenvalue weighted by Crippen LogP contribution is 1.99. The molecule has 4 nitrogen and oxygen atoms in total. The summed E-state index contributed by atoms with van der Waals surface area (Å²) >= 11 is 1.89. The normalized spacial score (nSPS) is 19.4. The topological polar surface area (TPSA) is 44.7 Å². The summed E-state index contributed by atoms with van der Waals surface area (Å²) in [5.41, 5.74) is 0. The number of β-amino-alcohol motifs (C(OH)–C–C–N with tert-alkyl or cyclic N) is 1. The summed E-state index contributed by atoms with van der Waals surface area (Å²) in [4.78, 5) is 2.27. The highest BCUT2D eigenvalue weighted by atomic mass is 32.2. The fourth-order valence-corrected chi connectivity index (χ4v) is 2.40. The van der Waals surface area contributed by atoms with Crippen molar-refractivity contribution in [2.75, 3.05) is 57.9 Å². The smallest absolute Gasteiger partial charge is 0.0791 e. The Hall–Kier alpha value is 0.190. The van der Waals surface area contributed by atoms with E-state index in [1.165, 1.54) is 18.6 Å². The van der Waals surface area contributed by atoms with Gasteiger partial charge in [0.05, 0.1) is 19.3 Å². The van der Waals surface area contributed by atoms with E-state index in [0.29, 0.717) is 6.54 Å². The van der Waals surface area contributed by atoms with E-state index < -0.39 is 0 Å². The number of aliphatic hydroxyl groups excluding tert-OH is 1. The first-order valence-corrected chi connectivity index (χ1v) is 7.90. The minimum Gasteiger partial charge on any atom is -0.390 e. The van der Waals surface area contributed by atoms with Crippen molar-refractivity contribution in [2.45, 2.75) is 18.9 Å². The van der Waals surface area contributed by atoms with Crippen LogP contribution in [0.4, 0.5) is 0 Å². The van der Waals surface area contributed by atoms with Gasteiger partial charge in [0.15, 0.2) is 0 Å². The van der Waals surface area contributed by atoms with Gasteiger partial charge in [0, 0.05) is 26.2 Å². The third-order valence-electron chi connectivity index (χ3n) is 2.90. The Kier molecular flexibility index (Phi) is 9.10. The van der Waals surface area contributed by atoms with Crippen LogP contribution in [0.1, 0.15) is 12.8 Å². The second kappa shape index (κ2) is 10.1. The van der Waals surface area contributed by atoms with Crippen molar-refractivity contribution in [2.24, 2.45) is 0 Å². The van der Waals surface area contributed by atoms with Gasteiger partial charge in [-0.15, -0.1) is 0 Å². The summed E-state index contributed by atoms with van der Waals surface area (Å²) in [7, 11) is 0. The van der Waals surface area contributed by atoms with Gasteiger partial charge >= 0.3 is 0 Å². The molecule has 102 valence electrons. The number of thioether (sulfide) groups is 1. The number of nitrogens with one attached hydrogen (secondary N) is 1. The molecule has 1 atom stereocenters. The van der Waals surface area contributed by atoms with Gasteiger partial charge in [0.2, 0.25) is 0 Å². The minimum absolute atomic E-state index is 0.256. The minimum atomic E-state index is -0.256. The number of unbranched alkanes of at least 4 members (excludes halogenated alkanes) is 1. The number of nitrogens with zero attached hydrogens (tertiary/aromatic N) is 1. The van der Waals surface area contributed by atoms with E-state index in [1.807, 2.05) is 11.8 Å². The van der Waals surface area contributed by atoms with Crippen LogP contribution in [0.25, 0.3) is 0 Å². The lowest BCUT2D eigenvalue weighted by atomic mass is 10.3. The molecule has 1 fully saturated rings. The van der Waals surface area contributed by atoms with E-state index in [4.69, 9.17) is 4.74 Å². The molecule has 1 saturated heterocycles. The largest absolute Gasteiger partial charge is 0.390 e. The van der Waals surface area contributed by atoms with Crippen molar-refractivity contribution in [3.63, 3.8) is 0 Å². The average Bonchev–Trinajstić information content (AvgIpc) is 2.35. The van der Waals surface area contributed by atoms with E-state index in [9.17, 15) is 5.11 Å². The molecular formula is C12H26N2O2S. The van der Waals surface area contributed by atoms with Crippen LogP contribution in [0.3, 0.4) is 0 Å². The predicted octanol–water partition coefficient (Wildman–Crippen LogP) is 0.412. The molecule has 1 heterocycles. The number of aliphatic hydroxyl groups is 1. The SMILES string of the molecule is CSCCCCNCC(O)CN1CCOCC1. The standard InChI is InChI=1S/C12H26N2O2S/c1-17-9-3-2-4-13-10-12(15)11-14-5-7-16-8-6-14/h12-13,15H,2-11H2,1H3. The van der Waals surface area contributed by atoms with Gasteiger partial charge in [0.25, 0.3) is 0 Å². The van der Waals surface area contributed by atoms with Gasteiger partial charge in [-0.3, -0.25) is 4.90 Å². The summed E-state index contributed by atoms with van der Waals surface area (Å²) < 4.78 is 5.28. The van der Waals surface area contributed by atoms with Gasteiger partial charge in [-0.1, -0.05) is 0 Å². The lowest BCUT2D eigenvalue weighted by molar-refractivity contribution is 0.0150. The Balaban J connectivity index is 1.91. The van der Waals surface area contributed by atoms with Crippen LogP contribution in [-0.2, 0) is 4.74 Å². The molecule has 0 aromatic heterocycles. The summed E-state index contributed by atoms with van der Waals surface area (Å²) in [6.45, 7) is 5.98. The lowest BCUT2D eigenvalue weighted by Crippen LogP contribution is -2.43. The predicted molar refractivity (Wildman–Crippen MR) is 73.8 cm³/mol. The maximum absolute atomic E-state index is 9.86. The van der Waals surface area contributed by atoms with Crippen molar-refractivity contribution in [1.82, 2.24) is 10.2 Å². The summed E-state index contributed by atoms with van der Waals surface area (Å²) in [6, 6.07) is 0. The van der Waals surface area contributed by atoms with E-state index >= 15 is 0 Å². The van der Waals surface area contributed by atoms with Crippen LogP contribution in [0.5, 0.6) is 0 Å². The van der Waals surface area contributed by atoms with Gasteiger partial charge in [-0.2, -0.15) is 11.8 Å². The van der Waals surface area contributed by atoms with Crippen LogP contribution < -0.4 is 5.32 Å². The fourth-order valence-electron chi connectivity index (χ4n) is 1.91. The van der Waals surface area contributed by atoms with Crippen molar-refractivity contribution in [3.8, 4) is 0 Å². The molecule has 0 aromatic rings. The fraction of sp³-hybridized carbons (Fsp3) is 1.00. The highest BCUT2D eigenvalue weighted by Gasteiger charge is 2.14. The zero-order valence-corrected chi connectivity index (χ0v) is 11.7. The molecule has 0 amide bonds. The molecular weight excluding hydrogens is 236 g/mol. The van der Waals surface area contributed by atoms with Crippen molar-refractivity contribution >= 4 is 11.8 Å². The van der Waals surface area contributed by atoms with E-state index in [1.54, 1.807) is 0 Å². The first-order chi connectivity index (χ1) is 8.33. The molecule has 1 aliphatic rings. The highest BCUT2D eigenvalue weighted by molar-refractivity contribution is 7.98. The molecule has 1 rings (SSSR count). The lowest BCUT2D eigenvalue weighted by Gasteiger charge is -2.28. The van der Waals surface area contributed by atoms with E-state index in [2.05, 4.69) is 16.5 Å². The first-order valence-electron chi connectivity index (χ1n) is 6.50. The Morgan fingerprint density at radius 3 is 2.82 bits per heavy atom. The summed E-state index contributed by atoms with van der Waals surface area (Å²) in [5, 5.41) is 13.2. The van der Waals surface area contributed by atoms with Gasteiger partial charge in [0.1, 0.15) is 0 Å². The Labute approximate surface area is 109 Å². The monoisotopic (exact) mass is 262 g/mol. The van der Waals surface area contributed by atoms with E-state index in [0.717, 1.165) is 39.4 Å². The number of rotatable bonds is 9. The van der Waals surface area contributed by atoms with Gasteiger partial charge < -0.3 is 15.2 Å². The third kappa shape index (κ3) is 8.00. The zero-order valence-electron chi connectivity index (χ0n) is 10.9.